The Morgan fingerprint density at radius 1 is 0.938 bits per heavy atom. The van der Waals surface area contributed by atoms with E-state index in [4.69, 9.17) is 0 Å². The van der Waals surface area contributed by atoms with Crippen LogP contribution in [0.5, 0.6) is 0 Å². The Morgan fingerprint density at radius 2 is 1.56 bits per heavy atom. The molecule has 4 heteroatoms. The molecular weight excluding hydrogens is 527 g/mol. The fourth-order valence-corrected chi connectivity index (χ4v) is 27.0. The molecule has 0 radical (unpaired) electrons. The van der Waals surface area contributed by atoms with Gasteiger partial charge in [0.05, 0.1) is 0 Å². The number of rotatable bonds is 4. The molecule has 0 N–H and O–H groups in total. The minimum atomic E-state index is -2.49. The van der Waals surface area contributed by atoms with Gasteiger partial charge in [0.25, 0.3) is 0 Å². The van der Waals surface area contributed by atoms with Crippen molar-refractivity contribution < 1.29 is 19.4 Å². The van der Waals surface area contributed by atoms with Crippen LogP contribution in [0, 0.1) is 5.92 Å². The minimum Gasteiger partial charge on any atom is -0.147 e. The van der Waals surface area contributed by atoms with E-state index in [0.29, 0.717) is 5.92 Å². The normalized spacial score (nSPS) is 20.7. The number of hydrogen-bond acceptors (Lipinski definition) is 0. The first-order valence-corrected chi connectivity index (χ1v) is 25.1. The second-order valence-corrected chi connectivity index (χ2v) is 32.6. The van der Waals surface area contributed by atoms with E-state index in [1.165, 1.54) is 36.1 Å². The SMILES string of the molecule is CC.CCC1=Cc2c(-c3ccccc3)cccc2[CH]1[Zr]([CH3])([SiH3])[C]1=C(C)C(C)=CC1C.Cl.Cl. The summed E-state index contributed by atoms with van der Waals surface area (Å²) in [5.74, 6) is 0.651. The topological polar surface area (TPSA) is 0 Å². The first kappa shape index (κ1) is 29.4. The molecule has 3 unspecified atom stereocenters. The molecule has 174 valence electrons. The molecule has 2 aliphatic carbocycles. The van der Waals surface area contributed by atoms with Crippen LogP contribution in [0.25, 0.3) is 17.2 Å². The zero-order valence-corrected chi connectivity index (χ0v) is 27.0. The largest absolute Gasteiger partial charge is 0.147 e. The Kier molecular flexibility index (Phi) is 11.2. The van der Waals surface area contributed by atoms with Gasteiger partial charge in [0.1, 0.15) is 0 Å². The van der Waals surface area contributed by atoms with Crippen LogP contribution in [0.15, 0.2) is 74.6 Å². The average Bonchev–Trinajstić information content (AvgIpc) is 3.27. The minimum absolute atomic E-state index is 0. The Hall–Kier alpha value is -0.660. The van der Waals surface area contributed by atoms with Crippen molar-refractivity contribution in [3.8, 4) is 11.1 Å². The molecule has 3 atom stereocenters. The molecular formula is C28H40Cl2SiZr. The van der Waals surface area contributed by atoms with E-state index in [2.05, 4.69) is 93.0 Å². The molecule has 0 aliphatic heterocycles. The van der Waals surface area contributed by atoms with E-state index in [0.717, 1.165) is 3.63 Å². The van der Waals surface area contributed by atoms with Crippen LogP contribution in [-0.2, 0) is 19.4 Å². The van der Waals surface area contributed by atoms with Crippen LogP contribution >= 0.6 is 24.8 Å². The Bertz CT molecular complexity index is 1020. The molecule has 32 heavy (non-hydrogen) atoms. The van der Waals surface area contributed by atoms with E-state index in [9.17, 15) is 0 Å². The summed E-state index contributed by atoms with van der Waals surface area (Å²) in [6.07, 6.45) is 6.25. The monoisotopic (exact) mass is 564 g/mol. The number of allylic oxidation sites excluding steroid dienone is 5. The molecule has 0 aromatic heterocycles. The molecule has 0 bridgehead atoms. The summed E-state index contributed by atoms with van der Waals surface area (Å²) < 4.78 is 5.35. The predicted molar refractivity (Wildman–Crippen MR) is 150 cm³/mol. The number of hydrogen-bond donors (Lipinski definition) is 0. The maximum Gasteiger partial charge on any atom is -0.147 e. The Balaban J connectivity index is 0.00000125. The summed E-state index contributed by atoms with van der Waals surface area (Å²) in [7, 11) is 1.36. The first-order chi connectivity index (χ1) is 14.4. The van der Waals surface area contributed by atoms with Gasteiger partial charge in [-0.15, -0.1) is 24.8 Å². The summed E-state index contributed by atoms with van der Waals surface area (Å²) >= 11 is -2.49. The van der Waals surface area contributed by atoms with E-state index >= 15 is 0 Å². The smallest absolute Gasteiger partial charge is 0.147 e. The molecule has 0 nitrogen and oxygen atoms in total. The zero-order chi connectivity index (χ0) is 22.1. The van der Waals surface area contributed by atoms with Gasteiger partial charge in [-0.05, 0) is 0 Å². The molecule has 4 rings (SSSR count). The van der Waals surface area contributed by atoms with Crippen molar-refractivity contribution in [1.29, 1.82) is 0 Å². The Morgan fingerprint density at radius 3 is 2.09 bits per heavy atom. The van der Waals surface area contributed by atoms with Gasteiger partial charge in [0.15, 0.2) is 0 Å². The van der Waals surface area contributed by atoms with Gasteiger partial charge in [-0.3, -0.25) is 0 Å². The van der Waals surface area contributed by atoms with Crippen molar-refractivity contribution in [2.24, 2.45) is 5.92 Å². The van der Waals surface area contributed by atoms with E-state index in [1.54, 1.807) is 16.7 Å². The van der Waals surface area contributed by atoms with Gasteiger partial charge in [-0.25, -0.2) is 0 Å². The van der Waals surface area contributed by atoms with Crippen molar-refractivity contribution in [3.63, 3.8) is 0 Å². The second kappa shape index (κ2) is 12.2. The summed E-state index contributed by atoms with van der Waals surface area (Å²) in [6, 6.07) is 18.0. The van der Waals surface area contributed by atoms with Crippen molar-refractivity contribution in [1.82, 2.24) is 0 Å². The molecule has 0 spiro atoms. The maximum absolute atomic E-state index is 2.74. The fourth-order valence-electron chi connectivity index (χ4n) is 5.86. The fraction of sp³-hybridized carbons (Fsp3) is 0.357. The summed E-state index contributed by atoms with van der Waals surface area (Å²) in [5, 5.41) is 0. The van der Waals surface area contributed by atoms with Crippen molar-refractivity contribution in [2.75, 3.05) is 0 Å². The number of benzene rings is 2. The number of halogens is 2. The van der Waals surface area contributed by atoms with Gasteiger partial charge < -0.3 is 0 Å². The van der Waals surface area contributed by atoms with Gasteiger partial charge in [0.2, 0.25) is 0 Å². The zero-order valence-electron chi connectivity index (χ0n) is 21.0. The van der Waals surface area contributed by atoms with Gasteiger partial charge in [-0.1, -0.05) is 13.8 Å². The van der Waals surface area contributed by atoms with E-state index in [1.807, 2.05) is 17.1 Å². The van der Waals surface area contributed by atoms with Crippen molar-refractivity contribution in [2.45, 2.75) is 56.2 Å². The molecule has 0 saturated carbocycles. The van der Waals surface area contributed by atoms with Gasteiger partial charge in [-0.2, -0.15) is 0 Å². The third-order valence-corrected chi connectivity index (χ3v) is 24.3. The van der Waals surface area contributed by atoms with Crippen LogP contribution in [0.4, 0.5) is 0 Å². The molecule has 0 heterocycles. The first-order valence-electron chi connectivity index (χ1n) is 11.6. The van der Waals surface area contributed by atoms with E-state index in [-0.39, 0.29) is 24.8 Å². The van der Waals surface area contributed by atoms with Gasteiger partial charge in [0, 0.05) is 0 Å². The standard InChI is InChI=1S/C17H15.C8H11.C2H6.CH3.2ClH.H3Si.Zr/c1-2-13-11-15-9-6-10-16(17(15)12-13)14-7-4-3-5-8-14;1-6-4-7(2)8(3)5-6;1-2;;;;;/h3-12H,2H2,1H3;4,6H,1-3H3;1-2H3;1H3;2*1H;1H3;. The quantitative estimate of drug-likeness (QED) is 0.326. The molecule has 0 saturated heterocycles. The van der Waals surface area contributed by atoms with E-state index < -0.39 is 19.4 Å². The molecule has 0 amide bonds. The predicted octanol–water partition coefficient (Wildman–Crippen LogP) is 8.42. The molecule has 0 fully saturated rings. The summed E-state index contributed by atoms with van der Waals surface area (Å²) in [4.78, 5) is 0. The van der Waals surface area contributed by atoms with Crippen LogP contribution in [0.2, 0.25) is 4.63 Å². The molecule has 2 aliphatic rings. The third kappa shape index (κ3) is 5.20. The molecule has 2 aromatic rings. The van der Waals surface area contributed by atoms with Crippen LogP contribution in [-0.4, -0.2) is 7.37 Å². The Labute approximate surface area is 215 Å². The van der Waals surface area contributed by atoms with Crippen LogP contribution in [0.3, 0.4) is 0 Å². The number of fused-ring (bicyclic) bond motifs is 1. The van der Waals surface area contributed by atoms with Gasteiger partial charge >= 0.3 is 178 Å². The molecule has 2 aromatic carbocycles. The summed E-state index contributed by atoms with van der Waals surface area (Å²) in [5.41, 5.74) is 10.7. The van der Waals surface area contributed by atoms with Crippen LogP contribution < -0.4 is 0 Å². The van der Waals surface area contributed by atoms with Crippen LogP contribution in [0.1, 0.15) is 62.7 Å². The second-order valence-electron chi connectivity index (χ2n) is 9.08. The maximum atomic E-state index is 2.74. The van der Waals surface area contributed by atoms with Crippen molar-refractivity contribution >= 4 is 38.3 Å². The third-order valence-electron chi connectivity index (χ3n) is 7.01. The average molecular weight is 567 g/mol. The summed E-state index contributed by atoms with van der Waals surface area (Å²) in [6.45, 7) is 13.5. The van der Waals surface area contributed by atoms with Crippen molar-refractivity contribution in [3.05, 3.63) is 85.7 Å².